The summed E-state index contributed by atoms with van der Waals surface area (Å²) in [5.74, 6) is 2.38. The smallest absolute Gasteiger partial charge is 0.158 e. The summed E-state index contributed by atoms with van der Waals surface area (Å²) in [7, 11) is 0. The Bertz CT molecular complexity index is 616. The molecule has 2 aliphatic rings. The first-order chi connectivity index (χ1) is 10.9. The largest absolute Gasteiger partial charge is 0.376 e. The highest BCUT2D eigenvalue weighted by Crippen LogP contribution is 2.38. The van der Waals surface area contributed by atoms with Gasteiger partial charge in [0.2, 0.25) is 0 Å². The van der Waals surface area contributed by atoms with Crippen LogP contribution < -0.4 is 0 Å². The van der Waals surface area contributed by atoms with E-state index in [-0.39, 0.29) is 6.10 Å². The number of hydrogen-bond donors (Lipinski definition) is 0. The van der Waals surface area contributed by atoms with Gasteiger partial charge in [-0.05, 0) is 37.8 Å². The van der Waals surface area contributed by atoms with Gasteiger partial charge in [0.25, 0.3) is 0 Å². The zero-order valence-corrected chi connectivity index (χ0v) is 12.6. The summed E-state index contributed by atoms with van der Waals surface area (Å²) in [6.07, 6.45) is 4.89. The second-order valence-electron chi connectivity index (χ2n) is 6.06. The zero-order valence-electron chi connectivity index (χ0n) is 12.6. The first kappa shape index (κ1) is 13.9. The van der Waals surface area contributed by atoms with Gasteiger partial charge in [-0.1, -0.05) is 18.2 Å². The Morgan fingerprint density at radius 2 is 2.05 bits per heavy atom. The lowest BCUT2D eigenvalue weighted by Crippen LogP contribution is -2.15. The van der Waals surface area contributed by atoms with E-state index < -0.39 is 0 Å². The van der Waals surface area contributed by atoms with Crippen LogP contribution in [-0.4, -0.2) is 34.1 Å². The minimum atomic E-state index is 0.246. The third kappa shape index (κ3) is 3.05. The molecule has 1 aromatic heterocycles. The van der Waals surface area contributed by atoms with Crippen LogP contribution in [0.25, 0.3) is 5.69 Å². The number of ether oxygens (including phenoxy) is 2. The van der Waals surface area contributed by atoms with Crippen molar-refractivity contribution in [3.63, 3.8) is 0 Å². The molecule has 2 heterocycles. The first-order valence-corrected chi connectivity index (χ1v) is 8.11. The molecule has 1 aliphatic heterocycles. The molecule has 0 spiro atoms. The number of aromatic nitrogens is 3. The predicted octanol–water partition coefficient (Wildman–Crippen LogP) is 2.84. The van der Waals surface area contributed by atoms with Crippen molar-refractivity contribution in [1.82, 2.24) is 14.8 Å². The Kier molecular flexibility index (Phi) is 3.91. The maximum Gasteiger partial charge on any atom is 0.158 e. The van der Waals surface area contributed by atoms with Crippen LogP contribution in [0.4, 0.5) is 0 Å². The van der Waals surface area contributed by atoms with Crippen LogP contribution >= 0.6 is 0 Å². The molecule has 0 amide bonds. The van der Waals surface area contributed by atoms with Crippen molar-refractivity contribution in [1.29, 1.82) is 0 Å². The second-order valence-corrected chi connectivity index (χ2v) is 6.06. The Morgan fingerprint density at radius 1 is 1.18 bits per heavy atom. The Hall–Kier alpha value is -1.72. The first-order valence-electron chi connectivity index (χ1n) is 8.11. The average Bonchev–Trinajstić information content (AvgIpc) is 3.11. The highest BCUT2D eigenvalue weighted by atomic mass is 16.5. The number of rotatable bonds is 6. The van der Waals surface area contributed by atoms with Gasteiger partial charge < -0.3 is 9.47 Å². The lowest BCUT2D eigenvalue weighted by molar-refractivity contribution is 0.00816. The van der Waals surface area contributed by atoms with E-state index >= 15 is 0 Å². The summed E-state index contributed by atoms with van der Waals surface area (Å²) in [5.41, 5.74) is 1.04. The summed E-state index contributed by atoms with van der Waals surface area (Å²) in [6.45, 7) is 1.98. The number of benzene rings is 1. The van der Waals surface area contributed by atoms with Crippen molar-refractivity contribution in [3.05, 3.63) is 42.0 Å². The second kappa shape index (κ2) is 6.18. The van der Waals surface area contributed by atoms with Crippen molar-refractivity contribution in [2.45, 2.75) is 44.3 Å². The van der Waals surface area contributed by atoms with Gasteiger partial charge in [-0.15, -0.1) is 0 Å². The summed E-state index contributed by atoms with van der Waals surface area (Å²) in [6, 6.07) is 10.1. The van der Waals surface area contributed by atoms with Crippen LogP contribution in [0.1, 0.15) is 43.3 Å². The fourth-order valence-corrected chi connectivity index (χ4v) is 2.80. The standard InChI is InChI=1S/C17H21N3O2/c1-2-5-14(6-3-1)20-16(18-17(19-20)13-8-9-13)12-21-11-15-7-4-10-22-15/h1-3,5-6,13,15H,4,7-12H2/t15-/m1/s1. The van der Waals surface area contributed by atoms with Crippen LogP contribution in [0.5, 0.6) is 0 Å². The molecule has 2 aromatic rings. The minimum Gasteiger partial charge on any atom is -0.376 e. The van der Waals surface area contributed by atoms with Crippen LogP contribution in [0.15, 0.2) is 30.3 Å². The molecule has 116 valence electrons. The quantitative estimate of drug-likeness (QED) is 0.823. The highest BCUT2D eigenvalue weighted by molar-refractivity contribution is 5.31. The molecule has 1 saturated heterocycles. The maximum absolute atomic E-state index is 5.83. The molecule has 2 fully saturated rings. The SMILES string of the molecule is c1ccc(-n2nc(C3CC3)nc2COC[C@H]2CCCO2)cc1. The van der Waals surface area contributed by atoms with Gasteiger partial charge in [0.1, 0.15) is 6.61 Å². The van der Waals surface area contributed by atoms with E-state index in [0.29, 0.717) is 19.1 Å². The topological polar surface area (TPSA) is 49.2 Å². The lowest BCUT2D eigenvalue weighted by atomic mass is 10.2. The summed E-state index contributed by atoms with van der Waals surface area (Å²) in [4.78, 5) is 4.70. The summed E-state index contributed by atoms with van der Waals surface area (Å²) in [5, 5.41) is 4.69. The Labute approximate surface area is 130 Å². The zero-order chi connectivity index (χ0) is 14.8. The monoisotopic (exact) mass is 299 g/mol. The van der Waals surface area contributed by atoms with Crippen LogP contribution in [0.2, 0.25) is 0 Å². The van der Waals surface area contributed by atoms with Crippen molar-refractivity contribution >= 4 is 0 Å². The van der Waals surface area contributed by atoms with E-state index in [4.69, 9.17) is 14.5 Å². The number of nitrogens with zero attached hydrogens (tertiary/aromatic N) is 3. The molecule has 1 atom stereocenters. The maximum atomic E-state index is 5.83. The molecule has 0 bridgehead atoms. The fourth-order valence-electron chi connectivity index (χ4n) is 2.80. The van der Waals surface area contributed by atoms with E-state index in [0.717, 1.165) is 36.8 Å². The van der Waals surface area contributed by atoms with Crippen LogP contribution in [-0.2, 0) is 16.1 Å². The van der Waals surface area contributed by atoms with E-state index in [2.05, 4.69) is 17.2 Å². The predicted molar refractivity (Wildman–Crippen MR) is 82.0 cm³/mol. The lowest BCUT2D eigenvalue weighted by Gasteiger charge is -2.10. The molecule has 5 nitrogen and oxygen atoms in total. The molecular weight excluding hydrogens is 278 g/mol. The molecule has 5 heteroatoms. The van der Waals surface area contributed by atoms with Crippen molar-refractivity contribution in [2.75, 3.05) is 13.2 Å². The molecule has 0 unspecified atom stereocenters. The van der Waals surface area contributed by atoms with E-state index in [1.54, 1.807) is 0 Å². The molecule has 1 aromatic carbocycles. The molecule has 0 N–H and O–H groups in total. The third-order valence-corrected chi connectivity index (χ3v) is 4.19. The van der Waals surface area contributed by atoms with Crippen LogP contribution in [0.3, 0.4) is 0 Å². The van der Waals surface area contributed by atoms with E-state index in [1.165, 1.54) is 12.8 Å². The van der Waals surface area contributed by atoms with Gasteiger partial charge in [0, 0.05) is 12.5 Å². The Morgan fingerprint density at radius 3 is 2.77 bits per heavy atom. The van der Waals surface area contributed by atoms with Gasteiger partial charge in [-0.2, -0.15) is 5.10 Å². The van der Waals surface area contributed by atoms with Crippen molar-refractivity contribution in [3.8, 4) is 5.69 Å². The van der Waals surface area contributed by atoms with Gasteiger partial charge in [-0.25, -0.2) is 9.67 Å². The normalized spacial score (nSPS) is 21.4. The molecule has 0 radical (unpaired) electrons. The van der Waals surface area contributed by atoms with E-state index in [9.17, 15) is 0 Å². The summed E-state index contributed by atoms with van der Waals surface area (Å²) < 4.78 is 13.3. The minimum absolute atomic E-state index is 0.246. The van der Waals surface area contributed by atoms with Gasteiger partial charge in [-0.3, -0.25) is 0 Å². The summed E-state index contributed by atoms with van der Waals surface area (Å²) >= 11 is 0. The number of para-hydroxylation sites is 1. The van der Waals surface area contributed by atoms with Crippen molar-refractivity contribution in [2.24, 2.45) is 0 Å². The molecule has 1 aliphatic carbocycles. The van der Waals surface area contributed by atoms with E-state index in [1.807, 2.05) is 22.9 Å². The fraction of sp³-hybridized carbons (Fsp3) is 0.529. The molecule has 22 heavy (non-hydrogen) atoms. The molecule has 4 rings (SSSR count). The van der Waals surface area contributed by atoms with Gasteiger partial charge in [0.15, 0.2) is 11.6 Å². The Balaban J connectivity index is 1.49. The average molecular weight is 299 g/mol. The van der Waals surface area contributed by atoms with Gasteiger partial charge >= 0.3 is 0 Å². The molecular formula is C17H21N3O2. The number of hydrogen-bond acceptors (Lipinski definition) is 4. The third-order valence-electron chi connectivity index (χ3n) is 4.19. The van der Waals surface area contributed by atoms with Gasteiger partial charge in [0.05, 0.1) is 18.4 Å². The van der Waals surface area contributed by atoms with Crippen molar-refractivity contribution < 1.29 is 9.47 Å². The molecule has 1 saturated carbocycles. The van der Waals surface area contributed by atoms with Crippen LogP contribution in [0, 0.1) is 0 Å². The highest BCUT2D eigenvalue weighted by Gasteiger charge is 2.29.